The van der Waals surface area contributed by atoms with Crippen LogP contribution in [0.2, 0.25) is 0 Å². The lowest BCUT2D eigenvalue weighted by Crippen LogP contribution is -2.08. The lowest BCUT2D eigenvalue weighted by atomic mass is 9.86. The van der Waals surface area contributed by atoms with Gasteiger partial charge in [-0.05, 0) is 66.3 Å². The quantitative estimate of drug-likeness (QED) is 0.0754. The molecule has 4 rings (SSSR count). The number of phenols is 4. The summed E-state index contributed by atoms with van der Waals surface area (Å²) in [5, 5.41) is 52.4. The van der Waals surface area contributed by atoms with Crippen LogP contribution in [0.25, 0.3) is 6.08 Å². The smallest absolute Gasteiger partial charge is 0.193 e. The Hall–Kier alpha value is -5.01. The van der Waals surface area contributed by atoms with Crippen molar-refractivity contribution in [3.8, 4) is 28.7 Å². The van der Waals surface area contributed by atoms with Gasteiger partial charge >= 0.3 is 0 Å². The number of methoxy groups -OCH3 is 1. The van der Waals surface area contributed by atoms with Gasteiger partial charge in [-0.15, -0.1) is 0 Å². The van der Waals surface area contributed by atoms with Gasteiger partial charge in [-0.3, -0.25) is 4.79 Å². The number of ether oxygens (including phenoxy) is 1. The minimum Gasteiger partial charge on any atom is -0.508 e. The predicted octanol–water partition coefficient (Wildman–Crippen LogP) is 6.49. The Morgan fingerprint density at radius 1 is 0.881 bits per heavy atom. The molecule has 0 aliphatic heterocycles. The van der Waals surface area contributed by atoms with Crippen LogP contribution in [0, 0.1) is 0 Å². The highest BCUT2D eigenvalue weighted by Crippen LogP contribution is 2.45. The van der Waals surface area contributed by atoms with Crippen molar-refractivity contribution < 1.29 is 35.1 Å². The summed E-state index contributed by atoms with van der Waals surface area (Å²) in [5.41, 5.74) is 2.39. The van der Waals surface area contributed by atoms with Crippen molar-refractivity contribution in [3.63, 3.8) is 0 Å². The zero-order chi connectivity index (χ0) is 30.1. The molecule has 0 aliphatic rings. The van der Waals surface area contributed by atoms with Crippen LogP contribution in [0.4, 0.5) is 0 Å². The Kier molecular flexibility index (Phi) is 10.0. The summed E-state index contributed by atoms with van der Waals surface area (Å²) in [6, 6.07) is 23.7. The monoisotopic (exact) mass is 566 g/mol. The molecule has 7 nitrogen and oxygen atoms in total. The van der Waals surface area contributed by atoms with Crippen LogP contribution in [0.3, 0.4) is 0 Å². The summed E-state index contributed by atoms with van der Waals surface area (Å²) < 4.78 is 5.34. The first-order valence-corrected chi connectivity index (χ1v) is 13.6. The summed E-state index contributed by atoms with van der Waals surface area (Å²) >= 11 is 0. The molecule has 42 heavy (non-hydrogen) atoms. The van der Waals surface area contributed by atoms with Gasteiger partial charge < -0.3 is 30.3 Å². The van der Waals surface area contributed by atoms with Crippen LogP contribution < -0.4 is 4.74 Å². The predicted molar refractivity (Wildman–Crippen MR) is 162 cm³/mol. The number of hydrogen-bond acceptors (Lipinski definition) is 7. The van der Waals surface area contributed by atoms with Gasteiger partial charge in [-0.1, -0.05) is 72.8 Å². The van der Waals surface area contributed by atoms with Crippen molar-refractivity contribution in [2.75, 3.05) is 7.11 Å². The molecular weight excluding hydrogens is 532 g/mol. The Morgan fingerprint density at radius 2 is 1.52 bits per heavy atom. The van der Waals surface area contributed by atoms with Crippen LogP contribution in [0.1, 0.15) is 51.4 Å². The molecule has 216 valence electrons. The van der Waals surface area contributed by atoms with Crippen molar-refractivity contribution in [2.24, 2.45) is 0 Å². The molecule has 0 saturated carbocycles. The van der Waals surface area contributed by atoms with Gasteiger partial charge in [0, 0.05) is 17.5 Å². The zero-order valence-corrected chi connectivity index (χ0v) is 23.2. The van der Waals surface area contributed by atoms with Crippen molar-refractivity contribution in [2.45, 2.75) is 31.3 Å². The van der Waals surface area contributed by atoms with Crippen molar-refractivity contribution >= 4 is 11.9 Å². The molecule has 0 heterocycles. The average Bonchev–Trinajstić information content (AvgIpc) is 2.99. The number of aliphatic hydroxyl groups excluding tert-OH is 1. The van der Waals surface area contributed by atoms with E-state index in [2.05, 4.69) is 0 Å². The van der Waals surface area contributed by atoms with Crippen LogP contribution in [-0.4, -0.2) is 44.5 Å². The third kappa shape index (κ3) is 7.59. The summed E-state index contributed by atoms with van der Waals surface area (Å²) in [6.45, 7) is 0. The fourth-order valence-corrected chi connectivity index (χ4v) is 4.72. The van der Waals surface area contributed by atoms with E-state index >= 15 is 0 Å². The van der Waals surface area contributed by atoms with E-state index in [1.165, 1.54) is 43.5 Å². The van der Waals surface area contributed by atoms with E-state index in [0.717, 1.165) is 12.0 Å². The maximum absolute atomic E-state index is 13.3. The number of aliphatic hydroxyl groups is 1. The molecule has 0 saturated heterocycles. The fraction of sp³-hybridized carbons (Fsp3) is 0.171. The minimum atomic E-state index is -0.717. The summed E-state index contributed by atoms with van der Waals surface area (Å²) in [7, 11) is 1.34. The van der Waals surface area contributed by atoms with Crippen LogP contribution in [0.15, 0.2) is 103 Å². The minimum absolute atomic E-state index is 0.00104. The second-order valence-electron chi connectivity index (χ2n) is 9.94. The second-order valence-corrected chi connectivity index (χ2v) is 9.94. The molecule has 7 heteroatoms. The second kappa shape index (κ2) is 14.1. The van der Waals surface area contributed by atoms with Crippen LogP contribution in [0.5, 0.6) is 28.7 Å². The van der Waals surface area contributed by atoms with Gasteiger partial charge in [0.2, 0.25) is 0 Å². The highest BCUT2D eigenvalue weighted by Gasteiger charge is 2.27. The maximum atomic E-state index is 13.3. The number of carbonyl (C=O) groups is 1. The number of benzene rings is 4. The average molecular weight is 567 g/mol. The molecule has 0 aliphatic carbocycles. The molecule has 2 atom stereocenters. The summed E-state index contributed by atoms with van der Waals surface area (Å²) in [5.74, 6) is -1.85. The number of hydrogen-bond donors (Lipinski definition) is 5. The van der Waals surface area contributed by atoms with Crippen molar-refractivity contribution in [1.29, 1.82) is 0 Å². The number of carbonyl (C=O) groups excluding carboxylic acids is 1. The van der Waals surface area contributed by atoms with E-state index in [9.17, 15) is 30.3 Å². The van der Waals surface area contributed by atoms with Gasteiger partial charge in [0.05, 0.1) is 13.2 Å². The third-order valence-electron chi connectivity index (χ3n) is 6.98. The van der Waals surface area contributed by atoms with E-state index in [-0.39, 0.29) is 34.1 Å². The molecule has 0 radical (unpaired) electrons. The lowest BCUT2D eigenvalue weighted by molar-refractivity contribution is 0.104. The third-order valence-corrected chi connectivity index (χ3v) is 6.98. The van der Waals surface area contributed by atoms with E-state index in [0.29, 0.717) is 24.0 Å². The normalized spacial score (nSPS) is 12.9. The molecule has 0 aromatic heterocycles. The Labute approximate surface area is 244 Å². The zero-order valence-electron chi connectivity index (χ0n) is 23.2. The molecule has 0 unspecified atom stereocenters. The van der Waals surface area contributed by atoms with Gasteiger partial charge in [-0.2, -0.15) is 0 Å². The van der Waals surface area contributed by atoms with Gasteiger partial charge in [0.15, 0.2) is 5.78 Å². The number of ketones is 1. The van der Waals surface area contributed by atoms with E-state index in [4.69, 9.17) is 4.74 Å². The molecule has 0 bridgehead atoms. The highest BCUT2D eigenvalue weighted by atomic mass is 16.5. The summed E-state index contributed by atoms with van der Waals surface area (Å²) in [6.07, 6.45) is 7.36. The van der Waals surface area contributed by atoms with Crippen LogP contribution in [-0.2, 0) is 6.42 Å². The lowest BCUT2D eigenvalue weighted by Gasteiger charge is -2.20. The first-order valence-electron chi connectivity index (χ1n) is 13.6. The number of rotatable bonds is 12. The molecule has 0 spiro atoms. The first-order chi connectivity index (χ1) is 20.3. The molecule has 0 amide bonds. The Morgan fingerprint density at radius 3 is 2.17 bits per heavy atom. The van der Waals surface area contributed by atoms with Gasteiger partial charge in [0.25, 0.3) is 0 Å². The fourth-order valence-electron chi connectivity index (χ4n) is 4.72. The Bertz CT molecular complexity index is 1540. The van der Waals surface area contributed by atoms with E-state index in [1.54, 1.807) is 42.5 Å². The maximum Gasteiger partial charge on any atom is 0.193 e. The van der Waals surface area contributed by atoms with Crippen molar-refractivity contribution in [1.82, 2.24) is 0 Å². The highest BCUT2D eigenvalue weighted by molar-refractivity contribution is 6.11. The molecular formula is C35H34O7. The summed E-state index contributed by atoms with van der Waals surface area (Å²) in [4.78, 5) is 13.3. The Balaban J connectivity index is 1.65. The van der Waals surface area contributed by atoms with E-state index in [1.807, 2.05) is 30.3 Å². The molecule has 0 fully saturated rings. The molecule has 4 aromatic carbocycles. The standard InChI is InChI=1S/C35H34O7/c1-42-32-22-31(40)33(35(41)34(32)30(39)21-13-24-11-17-27(37)18-12-24)29(25-14-19-28(38)20-15-25)9-5-8-26(36)16-10-23-6-3-2-4-7-23/h2-7,9,11-15,17-22,26,29,36-38,40-41H,8,10,16H2,1H3/b9-5+,21-13+/t26-,29+/m0/s1. The van der Waals surface area contributed by atoms with E-state index < -0.39 is 23.6 Å². The number of phenolic OH excluding ortho intramolecular Hbond substituents is 4. The topological polar surface area (TPSA) is 127 Å². The number of aromatic hydroxyl groups is 4. The first kappa shape index (κ1) is 30.0. The SMILES string of the molecule is COc1cc(O)c([C@H](/C=C/C[C@H](O)CCc2ccccc2)c2ccc(O)cc2)c(O)c1C(=O)/C=C/c1ccc(O)cc1. The van der Waals surface area contributed by atoms with Crippen LogP contribution >= 0.6 is 0 Å². The van der Waals surface area contributed by atoms with Gasteiger partial charge in [-0.25, -0.2) is 0 Å². The number of allylic oxidation sites excluding steroid dienone is 2. The largest absolute Gasteiger partial charge is 0.508 e. The van der Waals surface area contributed by atoms with Gasteiger partial charge in [0.1, 0.15) is 34.3 Å². The molecule has 5 N–H and O–H groups in total. The van der Waals surface area contributed by atoms with Crippen molar-refractivity contribution in [3.05, 3.63) is 131 Å². The number of aryl methyl sites for hydroxylation is 1. The molecule has 4 aromatic rings.